The molecule has 0 aliphatic heterocycles. The van der Waals surface area contributed by atoms with Crippen LogP contribution in [-0.4, -0.2) is 25.3 Å². The lowest BCUT2D eigenvalue weighted by atomic mass is 10.1. The minimum Gasteiger partial charge on any atom is -0.264 e. The first kappa shape index (κ1) is 18.2. The number of hydrogen-bond acceptors (Lipinski definition) is 4. The predicted octanol–water partition coefficient (Wildman–Crippen LogP) is 3.64. The van der Waals surface area contributed by atoms with Crippen LogP contribution in [0.1, 0.15) is 64.2 Å². The summed E-state index contributed by atoms with van der Waals surface area (Å²) in [6.07, 6.45) is 11.6. The van der Waals surface area contributed by atoms with Gasteiger partial charge in [-0.25, -0.2) is 4.18 Å². The second-order valence-corrected chi connectivity index (χ2v) is 6.05. The van der Waals surface area contributed by atoms with Gasteiger partial charge in [0, 0.05) is 0 Å². The van der Waals surface area contributed by atoms with Gasteiger partial charge in [0.05, 0.1) is 6.61 Å². The van der Waals surface area contributed by atoms with Gasteiger partial charge in [0.1, 0.15) is 0 Å². The van der Waals surface area contributed by atoms with Crippen molar-refractivity contribution in [3.05, 3.63) is 0 Å². The van der Waals surface area contributed by atoms with Crippen LogP contribution in [0.3, 0.4) is 0 Å². The van der Waals surface area contributed by atoms with Crippen molar-refractivity contribution in [2.45, 2.75) is 64.2 Å². The summed E-state index contributed by atoms with van der Waals surface area (Å²) in [5.74, 6) is 0.992. The maximum atomic E-state index is 10.2. The van der Waals surface area contributed by atoms with Crippen LogP contribution < -0.4 is 0 Å². The average molecular weight is 298 g/mol. The van der Waals surface area contributed by atoms with Crippen molar-refractivity contribution in [2.24, 2.45) is 0 Å². The lowest BCUT2D eigenvalue weighted by Gasteiger charge is -2.02. The third-order valence-electron chi connectivity index (χ3n) is 2.78. The molecule has 18 heavy (non-hydrogen) atoms. The highest BCUT2D eigenvalue weighted by Crippen LogP contribution is 2.10. The fraction of sp³-hybridized carbons (Fsp3) is 1.00. The lowest BCUT2D eigenvalue weighted by Crippen LogP contribution is -2.04. The summed E-state index contributed by atoms with van der Waals surface area (Å²) >= 11 is 4.17. The van der Waals surface area contributed by atoms with E-state index in [4.69, 9.17) is 4.55 Å². The third kappa shape index (κ3) is 16.2. The van der Waals surface area contributed by atoms with Gasteiger partial charge in [-0.1, -0.05) is 51.4 Å². The molecule has 0 spiro atoms. The molecular formula is C12H26O4S2. The molecule has 0 bridgehead atoms. The molecule has 0 saturated heterocycles. The van der Waals surface area contributed by atoms with Gasteiger partial charge in [0.2, 0.25) is 0 Å². The Bertz CT molecular complexity index is 265. The van der Waals surface area contributed by atoms with E-state index in [-0.39, 0.29) is 6.61 Å². The monoisotopic (exact) mass is 298 g/mol. The van der Waals surface area contributed by atoms with Crippen molar-refractivity contribution in [3.63, 3.8) is 0 Å². The first-order valence-electron chi connectivity index (χ1n) is 6.79. The summed E-state index contributed by atoms with van der Waals surface area (Å²) in [6.45, 7) is 0.0859. The Labute approximate surface area is 117 Å². The van der Waals surface area contributed by atoms with Crippen molar-refractivity contribution >= 4 is 23.0 Å². The first-order valence-corrected chi connectivity index (χ1v) is 8.79. The molecule has 0 radical (unpaired) electrons. The molecule has 0 amide bonds. The topological polar surface area (TPSA) is 63.6 Å². The first-order chi connectivity index (χ1) is 8.56. The summed E-state index contributed by atoms with van der Waals surface area (Å²) in [6, 6.07) is 0. The van der Waals surface area contributed by atoms with Crippen LogP contribution in [0.25, 0.3) is 0 Å². The zero-order chi connectivity index (χ0) is 13.7. The Morgan fingerprint density at radius 2 is 1.17 bits per heavy atom. The Morgan fingerprint density at radius 1 is 0.778 bits per heavy atom. The van der Waals surface area contributed by atoms with Crippen LogP contribution in [0.5, 0.6) is 0 Å². The van der Waals surface area contributed by atoms with Crippen LogP contribution in [-0.2, 0) is 14.6 Å². The SMILES string of the molecule is O=S(=O)(O)OCCCCCCCCCCCCS. The molecule has 1 N–H and O–H groups in total. The third-order valence-corrected chi connectivity index (χ3v) is 3.57. The molecule has 0 rings (SSSR count). The fourth-order valence-electron chi connectivity index (χ4n) is 1.79. The Kier molecular flexibility index (Phi) is 12.4. The number of hydrogen-bond donors (Lipinski definition) is 2. The van der Waals surface area contributed by atoms with Gasteiger partial charge in [-0.05, 0) is 18.6 Å². The predicted molar refractivity (Wildman–Crippen MR) is 77.5 cm³/mol. The Morgan fingerprint density at radius 3 is 1.56 bits per heavy atom. The van der Waals surface area contributed by atoms with Crippen molar-refractivity contribution in [1.29, 1.82) is 0 Å². The van der Waals surface area contributed by atoms with Gasteiger partial charge in [0.25, 0.3) is 0 Å². The van der Waals surface area contributed by atoms with Crippen molar-refractivity contribution in [1.82, 2.24) is 0 Å². The zero-order valence-corrected chi connectivity index (χ0v) is 12.7. The molecule has 0 unspecified atom stereocenters. The van der Waals surface area contributed by atoms with Gasteiger partial charge in [-0.3, -0.25) is 4.55 Å². The standard InChI is InChI=1S/C12H26O4S2/c13-18(14,15)16-11-9-7-5-3-1-2-4-6-8-10-12-17/h17H,1-12H2,(H,13,14,15). The van der Waals surface area contributed by atoms with E-state index in [0.717, 1.165) is 18.6 Å². The van der Waals surface area contributed by atoms with E-state index in [1.807, 2.05) is 0 Å². The highest BCUT2D eigenvalue weighted by Gasteiger charge is 2.02. The van der Waals surface area contributed by atoms with Crippen LogP contribution in [0, 0.1) is 0 Å². The van der Waals surface area contributed by atoms with Gasteiger partial charge in [0.15, 0.2) is 0 Å². The van der Waals surface area contributed by atoms with E-state index in [1.54, 1.807) is 0 Å². The average Bonchev–Trinajstić information content (AvgIpc) is 2.29. The summed E-state index contributed by atoms with van der Waals surface area (Å²) in [7, 11) is -4.24. The normalized spacial score (nSPS) is 11.9. The quantitative estimate of drug-likeness (QED) is 0.309. The molecule has 0 aliphatic carbocycles. The van der Waals surface area contributed by atoms with E-state index in [2.05, 4.69) is 16.8 Å². The summed E-state index contributed by atoms with van der Waals surface area (Å²) in [5, 5.41) is 0. The molecular weight excluding hydrogens is 272 g/mol. The highest BCUT2D eigenvalue weighted by atomic mass is 32.3. The molecule has 0 aromatic carbocycles. The molecule has 110 valence electrons. The summed E-state index contributed by atoms with van der Waals surface area (Å²) in [4.78, 5) is 0. The minimum absolute atomic E-state index is 0.0859. The molecule has 4 nitrogen and oxygen atoms in total. The van der Waals surface area contributed by atoms with E-state index in [9.17, 15) is 8.42 Å². The van der Waals surface area contributed by atoms with Crippen LogP contribution >= 0.6 is 12.6 Å². The molecule has 0 heterocycles. The van der Waals surface area contributed by atoms with Crippen LogP contribution in [0.15, 0.2) is 0 Å². The van der Waals surface area contributed by atoms with Crippen molar-refractivity contribution < 1.29 is 17.2 Å². The maximum Gasteiger partial charge on any atom is 0.397 e. The maximum absolute atomic E-state index is 10.2. The van der Waals surface area contributed by atoms with Crippen LogP contribution in [0.4, 0.5) is 0 Å². The molecule has 0 atom stereocenters. The summed E-state index contributed by atoms with van der Waals surface area (Å²) in [5.41, 5.74) is 0. The Balaban J connectivity index is 3.03. The van der Waals surface area contributed by atoms with Gasteiger partial charge in [-0.15, -0.1) is 0 Å². The van der Waals surface area contributed by atoms with E-state index < -0.39 is 10.4 Å². The van der Waals surface area contributed by atoms with Gasteiger partial charge >= 0.3 is 10.4 Å². The number of unbranched alkanes of at least 4 members (excludes halogenated alkanes) is 9. The summed E-state index contributed by atoms with van der Waals surface area (Å²) < 4.78 is 33.0. The lowest BCUT2D eigenvalue weighted by molar-refractivity contribution is 0.261. The molecule has 0 aromatic rings. The molecule has 0 aliphatic rings. The molecule has 0 aromatic heterocycles. The second-order valence-electron chi connectivity index (χ2n) is 4.51. The fourth-order valence-corrected chi connectivity index (χ4v) is 2.34. The Hall–Kier alpha value is 0.220. The van der Waals surface area contributed by atoms with E-state index in [1.165, 1.54) is 44.9 Å². The number of thiol groups is 1. The van der Waals surface area contributed by atoms with Crippen molar-refractivity contribution in [2.75, 3.05) is 12.4 Å². The zero-order valence-electron chi connectivity index (χ0n) is 11.0. The van der Waals surface area contributed by atoms with Crippen molar-refractivity contribution in [3.8, 4) is 0 Å². The largest absolute Gasteiger partial charge is 0.397 e. The molecule has 6 heteroatoms. The van der Waals surface area contributed by atoms with E-state index in [0.29, 0.717) is 6.42 Å². The molecule has 0 fully saturated rings. The van der Waals surface area contributed by atoms with Gasteiger partial charge < -0.3 is 0 Å². The van der Waals surface area contributed by atoms with Crippen LogP contribution in [0.2, 0.25) is 0 Å². The number of rotatable bonds is 13. The smallest absolute Gasteiger partial charge is 0.264 e. The van der Waals surface area contributed by atoms with E-state index >= 15 is 0 Å². The highest BCUT2D eigenvalue weighted by molar-refractivity contribution is 7.80. The second kappa shape index (κ2) is 12.3. The molecule has 0 saturated carbocycles. The van der Waals surface area contributed by atoms with Gasteiger partial charge in [-0.2, -0.15) is 21.0 Å². The minimum atomic E-state index is -4.24.